The number of carbonyl (C=O) groups excluding carboxylic acids is 1. The summed E-state index contributed by atoms with van der Waals surface area (Å²) < 4.78 is 5.18. The van der Waals surface area contributed by atoms with Gasteiger partial charge in [0, 0.05) is 38.5 Å². The molecule has 4 rings (SSSR count). The molecule has 0 unspecified atom stereocenters. The zero-order chi connectivity index (χ0) is 20.5. The van der Waals surface area contributed by atoms with E-state index in [0.29, 0.717) is 28.6 Å². The number of hydrogen-bond donors (Lipinski definition) is 3. The highest BCUT2D eigenvalue weighted by atomic mass is 16.5. The molecule has 1 fully saturated rings. The topological polar surface area (TPSA) is 111 Å². The number of methoxy groups -OCH3 is 1. The van der Waals surface area contributed by atoms with Crippen LogP contribution in [-0.2, 0) is 4.79 Å². The van der Waals surface area contributed by atoms with Crippen LogP contribution in [0.3, 0.4) is 0 Å². The van der Waals surface area contributed by atoms with Crippen LogP contribution >= 0.6 is 0 Å². The minimum atomic E-state index is -0.463. The summed E-state index contributed by atoms with van der Waals surface area (Å²) in [6.45, 7) is 6.46. The van der Waals surface area contributed by atoms with Gasteiger partial charge in [0.15, 0.2) is 11.5 Å². The Morgan fingerprint density at radius 3 is 2.69 bits per heavy atom. The Morgan fingerprint density at radius 2 is 2.00 bits per heavy atom. The van der Waals surface area contributed by atoms with Crippen LogP contribution in [0.15, 0.2) is 23.0 Å². The van der Waals surface area contributed by atoms with Crippen LogP contribution in [0.1, 0.15) is 30.4 Å². The molecule has 0 aliphatic carbocycles. The summed E-state index contributed by atoms with van der Waals surface area (Å²) in [5.74, 6) is 0.420. The van der Waals surface area contributed by atoms with Gasteiger partial charge in [0.25, 0.3) is 5.56 Å². The number of nitrogens with zero attached hydrogens (tertiary/aromatic N) is 3. The zero-order valence-electron chi connectivity index (χ0n) is 16.6. The predicted octanol–water partition coefficient (Wildman–Crippen LogP) is 1.10. The molecule has 2 aromatic rings. The summed E-state index contributed by atoms with van der Waals surface area (Å²) in [7, 11) is 1.46. The number of H-pyrrole nitrogens is 1. The molecule has 3 heterocycles. The van der Waals surface area contributed by atoms with Crippen molar-refractivity contribution in [2.24, 2.45) is 0 Å². The number of aromatic hydroxyl groups is 1. The van der Waals surface area contributed by atoms with Gasteiger partial charge in [-0.2, -0.15) is 4.98 Å². The Morgan fingerprint density at radius 1 is 1.24 bits per heavy atom. The summed E-state index contributed by atoms with van der Waals surface area (Å²) in [5.41, 5.74) is 0.876. The molecule has 0 saturated carbocycles. The maximum atomic E-state index is 13.0. The number of phenols is 1. The molecular weight excluding hydrogens is 374 g/mol. The number of piperazine rings is 1. The summed E-state index contributed by atoms with van der Waals surface area (Å²) in [6.07, 6.45) is 0.125. The van der Waals surface area contributed by atoms with Gasteiger partial charge in [-0.05, 0) is 24.2 Å². The number of anilines is 2. The van der Waals surface area contributed by atoms with Crippen LogP contribution in [0.25, 0.3) is 0 Å². The Kier molecular flexibility index (Phi) is 5.14. The van der Waals surface area contributed by atoms with E-state index in [4.69, 9.17) is 4.74 Å². The Bertz CT molecular complexity index is 981. The number of hydrogen-bond acceptors (Lipinski definition) is 7. The van der Waals surface area contributed by atoms with Crippen LogP contribution in [0, 0.1) is 0 Å². The van der Waals surface area contributed by atoms with Crippen LogP contribution in [0.5, 0.6) is 11.5 Å². The zero-order valence-corrected chi connectivity index (χ0v) is 16.6. The van der Waals surface area contributed by atoms with E-state index in [9.17, 15) is 14.7 Å². The molecule has 0 bridgehead atoms. The second-order valence-electron chi connectivity index (χ2n) is 7.31. The van der Waals surface area contributed by atoms with Gasteiger partial charge < -0.3 is 25.0 Å². The quantitative estimate of drug-likeness (QED) is 0.706. The maximum absolute atomic E-state index is 13.0. The number of amides is 1. The fraction of sp³-hybridized carbons (Fsp3) is 0.450. The third kappa shape index (κ3) is 3.65. The summed E-state index contributed by atoms with van der Waals surface area (Å²) in [6, 6.07) is 4.85. The largest absolute Gasteiger partial charge is 0.504 e. The van der Waals surface area contributed by atoms with Crippen molar-refractivity contribution in [2.45, 2.75) is 19.3 Å². The second kappa shape index (κ2) is 7.75. The van der Waals surface area contributed by atoms with E-state index >= 15 is 0 Å². The molecule has 9 nitrogen and oxygen atoms in total. The number of rotatable bonds is 4. The lowest BCUT2D eigenvalue weighted by Gasteiger charge is -2.35. The number of phenolic OH excluding ortho intramolecular Hbond substituents is 1. The minimum absolute atomic E-state index is 0.00494. The predicted molar refractivity (Wildman–Crippen MR) is 109 cm³/mol. The first kappa shape index (κ1) is 19.3. The lowest BCUT2D eigenvalue weighted by molar-refractivity contribution is -0.116. The van der Waals surface area contributed by atoms with E-state index in [2.05, 4.69) is 27.1 Å². The van der Waals surface area contributed by atoms with Crippen LogP contribution in [0.2, 0.25) is 0 Å². The molecule has 2 aliphatic heterocycles. The third-order valence-electron chi connectivity index (χ3n) is 5.66. The van der Waals surface area contributed by atoms with E-state index in [1.165, 1.54) is 13.2 Å². The third-order valence-corrected chi connectivity index (χ3v) is 5.66. The van der Waals surface area contributed by atoms with Gasteiger partial charge in [0.05, 0.1) is 12.7 Å². The Labute approximate surface area is 168 Å². The number of aromatic nitrogens is 2. The Hall–Kier alpha value is -3.07. The van der Waals surface area contributed by atoms with Crippen molar-refractivity contribution in [2.75, 3.05) is 50.1 Å². The molecule has 154 valence electrons. The molecular formula is C20H25N5O4. The molecule has 1 aromatic heterocycles. The first-order valence-electron chi connectivity index (χ1n) is 9.78. The average Bonchev–Trinajstić information content (AvgIpc) is 2.73. The van der Waals surface area contributed by atoms with Crippen molar-refractivity contribution < 1.29 is 14.6 Å². The summed E-state index contributed by atoms with van der Waals surface area (Å²) in [5, 5.41) is 12.6. The van der Waals surface area contributed by atoms with Crippen molar-refractivity contribution in [3.05, 3.63) is 39.7 Å². The van der Waals surface area contributed by atoms with Crippen LogP contribution in [-0.4, -0.2) is 65.7 Å². The molecule has 1 saturated heterocycles. The summed E-state index contributed by atoms with van der Waals surface area (Å²) in [4.78, 5) is 37.2. The van der Waals surface area contributed by atoms with Gasteiger partial charge in [-0.15, -0.1) is 0 Å². The number of nitrogens with one attached hydrogen (secondary N) is 2. The molecule has 1 amide bonds. The molecule has 9 heteroatoms. The first-order valence-corrected chi connectivity index (χ1v) is 9.78. The van der Waals surface area contributed by atoms with Crippen LogP contribution < -0.4 is 20.5 Å². The van der Waals surface area contributed by atoms with Gasteiger partial charge in [0.1, 0.15) is 5.82 Å². The van der Waals surface area contributed by atoms with Crippen molar-refractivity contribution >= 4 is 17.7 Å². The van der Waals surface area contributed by atoms with E-state index in [-0.39, 0.29) is 23.6 Å². The van der Waals surface area contributed by atoms with E-state index in [0.717, 1.165) is 32.7 Å². The molecule has 3 N–H and O–H groups in total. The van der Waals surface area contributed by atoms with Crippen molar-refractivity contribution in [1.29, 1.82) is 0 Å². The lowest BCUT2D eigenvalue weighted by atomic mass is 9.86. The highest BCUT2D eigenvalue weighted by Crippen LogP contribution is 2.37. The average molecular weight is 399 g/mol. The Balaban J connectivity index is 1.70. The van der Waals surface area contributed by atoms with Crippen molar-refractivity contribution in [3.8, 4) is 11.5 Å². The monoisotopic (exact) mass is 399 g/mol. The molecule has 0 radical (unpaired) electrons. The lowest BCUT2D eigenvalue weighted by Crippen LogP contribution is -2.47. The number of carbonyl (C=O) groups is 1. The highest BCUT2D eigenvalue weighted by molar-refractivity contribution is 5.94. The first-order chi connectivity index (χ1) is 14.0. The van der Waals surface area contributed by atoms with Crippen LogP contribution in [0.4, 0.5) is 11.8 Å². The van der Waals surface area contributed by atoms with Crippen molar-refractivity contribution in [3.63, 3.8) is 0 Å². The summed E-state index contributed by atoms with van der Waals surface area (Å²) >= 11 is 0. The fourth-order valence-corrected chi connectivity index (χ4v) is 3.98. The molecule has 2 aliphatic rings. The maximum Gasteiger partial charge on any atom is 0.258 e. The smallest absolute Gasteiger partial charge is 0.258 e. The number of benzene rings is 1. The van der Waals surface area contributed by atoms with Gasteiger partial charge in [-0.3, -0.25) is 14.6 Å². The normalized spacial score (nSPS) is 19.6. The number of aromatic amines is 1. The van der Waals surface area contributed by atoms with Gasteiger partial charge in [-0.1, -0.05) is 13.0 Å². The fourth-order valence-electron chi connectivity index (χ4n) is 3.98. The number of fused-ring (bicyclic) bond motifs is 1. The minimum Gasteiger partial charge on any atom is -0.504 e. The van der Waals surface area contributed by atoms with E-state index in [1.54, 1.807) is 12.1 Å². The van der Waals surface area contributed by atoms with Gasteiger partial charge in [-0.25, -0.2) is 0 Å². The second-order valence-corrected chi connectivity index (χ2v) is 7.31. The highest BCUT2D eigenvalue weighted by Gasteiger charge is 2.32. The molecule has 29 heavy (non-hydrogen) atoms. The SMILES string of the molecule is CCN1CCN(c2nc3c(c(=O)[nH]2)[C@H](c2ccc(O)c(OC)c2)CC(=O)N3)CC1. The van der Waals surface area contributed by atoms with E-state index < -0.39 is 5.92 Å². The number of ether oxygens (including phenoxy) is 1. The molecule has 1 atom stereocenters. The standard InChI is InChI=1S/C20H25N5O4/c1-3-24-6-8-25(9-7-24)20-22-18-17(19(28)23-20)13(11-16(27)21-18)12-4-5-14(26)15(10-12)29-2/h4-5,10,13,26H,3,6-9,11H2,1-2H3,(H2,21,22,23,27,28)/t13-/m0/s1. The van der Waals surface area contributed by atoms with Crippen molar-refractivity contribution in [1.82, 2.24) is 14.9 Å². The number of likely N-dealkylation sites (N-methyl/N-ethyl adjacent to an activating group) is 1. The van der Waals surface area contributed by atoms with Gasteiger partial charge >= 0.3 is 0 Å². The van der Waals surface area contributed by atoms with Gasteiger partial charge in [0.2, 0.25) is 11.9 Å². The molecule has 1 aromatic carbocycles. The van der Waals surface area contributed by atoms with E-state index in [1.807, 2.05) is 4.90 Å². The molecule has 0 spiro atoms.